The summed E-state index contributed by atoms with van der Waals surface area (Å²) in [4.78, 5) is 14.1. The molecule has 3 aromatic carbocycles. The topological polar surface area (TPSA) is 81.1 Å². The number of rotatable bonds is 8. The number of benzene rings is 3. The van der Waals surface area contributed by atoms with Gasteiger partial charge in [0.05, 0.1) is 17.3 Å². The second kappa shape index (κ2) is 12.6. The third kappa shape index (κ3) is 6.86. The zero-order valence-electron chi connectivity index (χ0n) is 21.2. The highest BCUT2D eigenvalue weighted by molar-refractivity contribution is 9.11. The van der Waals surface area contributed by atoms with E-state index in [1.165, 1.54) is 24.5 Å². The molecule has 0 aliphatic heterocycles. The highest BCUT2D eigenvalue weighted by atomic mass is 79.9. The minimum atomic E-state index is -0.368. The molecule has 1 aromatic heterocycles. The summed E-state index contributed by atoms with van der Waals surface area (Å²) in [6.45, 7) is 4.14. The Kier molecular flexibility index (Phi) is 9.30. The van der Waals surface area contributed by atoms with Crippen molar-refractivity contribution in [3.05, 3.63) is 80.2 Å². The van der Waals surface area contributed by atoms with Gasteiger partial charge in [-0.3, -0.25) is 10.1 Å². The van der Waals surface area contributed by atoms with Gasteiger partial charge in [0.25, 0.3) is 0 Å². The molecule has 0 aliphatic rings. The molecule has 1 amide bonds. The van der Waals surface area contributed by atoms with Crippen LogP contribution in [0.3, 0.4) is 0 Å². The highest BCUT2D eigenvalue weighted by Crippen LogP contribution is 2.33. The van der Waals surface area contributed by atoms with E-state index in [9.17, 15) is 4.79 Å². The fourth-order valence-corrected chi connectivity index (χ4v) is 5.52. The number of carbonyl (C=O) groups excluding carboxylic acids is 1. The van der Waals surface area contributed by atoms with Crippen molar-refractivity contribution in [2.45, 2.75) is 33.1 Å². The number of aryl methyl sites for hydroxylation is 2. The Hall–Kier alpha value is -3.08. The van der Waals surface area contributed by atoms with Crippen LogP contribution in [-0.4, -0.2) is 33.1 Å². The fraction of sp³-hybridized carbons (Fsp3) is 0.214. The molecule has 0 aliphatic carbocycles. The summed E-state index contributed by atoms with van der Waals surface area (Å²) in [6.07, 6.45) is 6.49. The molecule has 196 valence electrons. The van der Waals surface area contributed by atoms with Crippen LogP contribution in [0.15, 0.2) is 63.6 Å². The Morgan fingerprint density at radius 3 is 2.50 bits per heavy atom. The Bertz CT molecular complexity index is 1520. The molecule has 0 unspecified atom stereocenters. The number of aromatic nitrogens is 3. The molecule has 4 rings (SSSR count). The van der Waals surface area contributed by atoms with E-state index >= 15 is 0 Å². The molecule has 0 fully saturated rings. The monoisotopic (exact) mass is 655 g/mol. The first-order valence-electron chi connectivity index (χ1n) is 12.1. The first-order valence-corrected chi connectivity index (χ1v) is 14.1. The molecule has 2 N–H and O–H groups in total. The predicted octanol–water partition coefficient (Wildman–Crippen LogP) is 7.13. The Labute approximate surface area is 243 Å². The normalized spacial score (nSPS) is 11.2. The molecule has 10 heteroatoms. The molecule has 0 saturated carbocycles. The number of nitrogens with zero attached hydrogens (tertiary/aromatic N) is 3. The van der Waals surface area contributed by atoms with E-state index < -0.39 is 0 Å². The summed E-state index contributed by atoms with van der Waals surface area (Å²) >= 11 is 12.3. The van der Waals surface area contributed by atoms with Crippen LogP contribution < -0.4 is 15.4 Å². The SMILES string of the molecule is CCCCc1ccc(-n2nc3cc(C)c(NC(=S)NC(=O)C=Cc4cc(Br)cc(Br)c4OC)cc3n2)cc1. The number of hydrogen-bond donors (Lipinski definition) is 2. The van der Waals surface area contributed by atoms with Crippen LogP contribution in [0, 0.1) is 6.92 Å². The molecule has 0 radical (unpaired) electrons. The minimum absolute atomic E-state index is 0.180. The van der Waals surface area contributed by atoms with Gasteiger partial charge in [-0.15, -0.1) is 10.2 Å². The number of fused-ring (bicyclic) bond motifs is 1. The maximum Gasteiger partial charge on any atom is 0.250 e. The van der Waals surface area contributed by atoms with Crippen LogP contribution in [0.2, 0.25) is 0 Å². The predicted molar refractivity (Wildman–Crippen MR) is 164 cm³/mol. The van der Waals surface area contributed by atoms with Gasteiger partial charge in [-0.25, -0.2) is 0 Å². The number of thiocarbonyl (C=S) groups is 1. The van der Waals surface area contributed by atoms with Gasteiger partial charge in [0.15, 0.2) is 5.11 Å². The molecule has 4 aromatic rings. The standard InChI is InChI=1S/C28H27Br2N5O2S/c1-4-5-6-18-7-10-21(11-8-18)35-33-24-13-17(2)23(16-25(24)34-35)31-28(38)32-26(36)12-9-19-14-20(29)15-22(30)27(19)37-3/h7-16H,4-6H2,1-3H3,(H2,31,32,36,38). The number of ether oxygens (including phenoxy) is 1. The second-order valence-corrected chi connectivity index (χ2v) is 10.9. The van der Waals surface area contributed by atoms with Crippen molar-refractivity contribution in [1.29, 1.82) is 0 Å². The van der Waals surface area contributed by atoms with Crippen LogP contribution >= 0.6 is 44.1 Å². The van der Waals surface area contributed by atoms with Crippen LogP contribution in [0.1, 0.15) is 36.5 Å². The number of amides is 1. The molecule has 1 heterocycles. The van der Waals surface area contributed by atoms with Crippen molar-refractivity contribution in [1.82, 2.24) is 20.3 Å². The average Bonchev–Trinajstić information content (AvgIpc) is 3.29. The summed E-state index contributed by atoms with van der Waals surface area (Å²) in [5.41, 5.74) is 6.11. The van der Waals surface area contributed by atoms with Crippen molar-refractivity contribution in [3.8, 4) is 11.4 Å². The number of anilines is 1. The van der Waals surface area contributed by atoms with E-state index in [-0.39, 0.29) is 11.0 Å². The summed E-state index contributed by atoms with van der Waals surface area (Å²) in [5, 5.41) is 15.2. The van der Waals surface area contributed by atoms with Crippen molar-refractivity contribution in [2.24, 2.45) is 0 Å². The van der Waals surface area contributed by atoms with E-state index in [4.69, 9.17) is 17.0 Å². The number of nitrogens with one attached hydrogen (secondary N) is 2. The van der Waals surface area contributed by atoms with Gasteiger partial charge in [-0.2, -0.15) is 4.80 Å². The lowest BCUT2D eigenvalue weighted by Gasteiger charge is -2.11. The quantitative estimate of drug-likeness (QED) is 0.155. The average molecular weight is 657 g/mol. The molecule has 0 atom stereocenters. The van der Waals surface area contributed by atoms with Crippen molar-refractivity contribution in [2.75, 3.05) is 12.4 Å². The number of methoxy groups -OCH3 is 1. The van der Waals surface area contributed by atoms with Gasteiger partial charge in [0.1, 0.15) is 16.8 Å². The number of unbranched alkanes of at least 4 members (excludes halogenated alkanes) is 1. The molecule has 7 nitrogen and oxygen atoms in total. The summed E-state index contributed by atoms with van der Waals surface area (Å²) in [6, 6.07) is 15.9. The van der Waals surface area contributed by atoms with Crippen LogP contribution in [0.5, 0.6) is 5.75 Å². The first kappa shape index (κ1) is 27.9. The number of carbonyl (C=O) groups is 1. The Morgan fingerprint density at radius 1 is 1.11 bits per heavy atom. The third-order valence-electron chi connectivity index (χ3n) is 5.85. The molecule has 0 saturated heterocycles. The van der Waals surface area contributed by atoms with E-state index in [2.05, 4.69) is 71.7 Å². The van der Waals surface area contributed by atoms with Crippen molar-refractivity contribution < 1.29 is 9.53 Å². The largest absolute Gasteiger partial charge is 0.495 e. The molecule has 0 spiro atoms. The lowest BCUT2D eigenvalue weighted by Crippen LogP contribution is -2.33. The summed E-state index contributed by atoms with van der Waals surface area (Å²) in [7, 11) is 1.58. The van der Waals surface area contributed by atoms with E-state index in [1.807, 2.05) is 43.3 Å². The van der Waals surface area contributed by atoms with Gasteiger partial charge in [0.2, 0.25) is 5.91 Å². The Balaban J connectivity index is 1.44. The smallest absolute Gasteiger partial charge is 0.250 e. The van der Waals surface area contributed by atoms with Gasteiger partial charge in [-0.05, 0) is 102 Å². The van der Waals surface area contributed by atoms with Crippen molar-refractivity contribution >= 4 is 77.9 Å². The zero-order chi connectivity index (χ0) is 27.2. The lowest BCUT2D eigenvalue weighted by molar-refractivity contribution is -0.115. The number of halogens is 2. The maximum absolute atomic E-state index is 12.5. The third-order valence-corrected chi connectivity index (χ3v) is 7.10. The van der Waals surface area contributed by atoms with Gasteiger partial charge in [0, 0.05) is 21.8 Å². The van der Waals surface area contributed by atoms with E-state index in [0.717, 1.165) is 48.9 Å². The summed E-state index contributed by atoms with van der Waals surface area (Å²) in [5.74, 6) is 0.259. The molecule has 0 bridgehead atoms. The fourth-order valence-electron chi connectivity index (χ4n) is 3.89. The first-order chi connectivity index (χ1) is 18.3. The lowest BCUT2D eigenvalue weighted by atomic mass is 10.1. The maximum atomic E-state index is 12.5. The summed E-state index contributed by atoms with van der Waals surface area (Å²) < 4.78 is 7.05. The second-order valence-electron chi connectivity index (χ2n) is 8.70. The van der Waals surface area contributed by atoms with Crippen molar-refractivity contribution in [3.63, 3.8) is 0 Å². The molecular weight excluding hydrogens is 630 g/mol. The molecular formula is C28H27Br2N5O2S. The van der Waals surface area contributed by atoms with E-state index in [0.29, 0.717) is 5.75 Å². The van der Waals surface area contributed by atoms with Crippen LogP contribution in [-0.2, 0) is 11.2 Å². The van der Waals surface area contributed by atoms with Crippen LogP contribution in [0.25, 0.3) is 22.8 Å². The molecule has 38 heavy (non-hydrogen) atoms. The zero-order valence-corrected chi connectivity index (χ0v) is 25.2. The van der Waals surface area contributed by atoms with Gasteiger partial charge in [-0.1, -0.05) is 41.4 Å². The van der Waals surface area contributed by atoms with E-state index in [1.54, 1.807) is 18.0 Å². The highest BCUT2D eigenvalue weighted by Gasteiger charge is 2.11. The Morgan fingerprint density at radius 2 is 1.82 bits per heavy atom. The van der Waals surface area contributed by atoms with Gasteiger partial charge < -0.3 is 10.1 Å². The number of hydrogen-bond acceptors (Lipinski definition) is 5. The van der Waals surface area contributed by atoms with Crippen LogP contribution in [0.4, 0.5) is 5.69 Å². The minimum Gasteiger partial charge on any atom is -0.495 e. The van der Waals surface area contributed by atoms with Gasteiger partial charge >= 0.3 is 0 Å².